The smallest absolute Gasteiger partial charge is 0.207 e. The Labute approximate surface area is 128 Å². The molecule has 1 heterocycles. The van der Waals surface area contributed by atoms with Crippen molar-refractivity contribution in [2.75, 3.05) is 6.54 Å². The lowest BCUT2D eigenvalue weighted by Gasteiger charge is -2.26. The van der Waals surface area contributed by atoms with Crippen molar-refractivity contribution in [2.24, 2.45) is 11.8 Å². The summed E-state index contributed by atoms with van der Waals surface area (Å²) in [4.78, 5) is 0.461. The number of hydrogen-bond donors (Lipinski definition) is 0. The fraction of sp³-hybridized carbons (Fsp3) is 0.647. The zero-order chi connectivity index (χ0) is 15.0. The number of sulfonamides is 1. The fourth-order valence-electron chi connectivity index (χ4n) is 3.59. The first-order valence-electron chi connectivity index (χ1n) is 8.07. The molecule has 0 N–H and O–H groups in total. The van der Waals surface area contributed by atoms with Crippen molar-refractivity contribution < 1.29 is 8.42 Å². The molecule has 2 aliphatic rings. The molecular weight excluding hydrogens is 282 g/mol. The molecule has 1 saturated heterocycles. The van der Waals surface area contributed by atoms with Gasteiger partial charge in [0, 0.05) is 12.6 Å². The van der Waals surface area contributed by atoms with Crippen LogP contribution < -0.4 is 0 Å². The second kappa shape index (κ2) is 5.73. The first-order valence-corrected chi connectivity index (χ1v) is 9.51. The van der Waals surface area contributed by atoms with Gasteiger partial charge in [-0.15, -0.1) is 0 Å². The number of nitrogens with zero attached hydrogens (tertiary/aromatic N) is 1. The van der Waals surface area contributed by atoms with Crippen molar-refractivity contribution >= 4 is 10.0 Å². The molecule has 1 aromatic rings. The van der Waals surface area contributed by atoms with Crippen LogP contribution in [-0.4, -0.2) is 25.3 Å². The minimum Gasteiger partial charge on any atom is -0.207 e. The van der Waals surface area contributed by atoms with Crippen LogP contribution in [0.2, 0.25) is 0 Å². The molecule has 0 aromatic heterocycles. The summed E-state index contributed by atoms with van der Waals surface area (Å²) in [6, 6.07) is 7.78. The van der Waals surface area contributed by atoms with Crippen LogP contribution in [0.3, 0.4) is 0 Å². The van der Waals surface area contributed by atoms with Crippen LogP contribution in [0, 0.1) is 11.8 Å². The van der Waals surface area contributed by atoms with Gasteiger partial charge >= 0.3 is 0 Å². The molecule has 0 radical (unpaired) electrons. The number of rotatable bonds is 5. The van der Waals surface area contributed by atoms with Crippen LogP contribution in [0.15, 0.2) is 29.2 Å². The standard InChI is InChI=1S/C17H25NO2S/c1-13(2)3-4-14-6-9-17(10-7-14)21(19,20)18-12-15-5-8-16(18)11-15/h6-7,9-10,13,15-16H,3-5,8,11-12H2,1-2H3. The number of fused-ring (bicyclic) bond motifs is 2. The van der Waals surface area contributed by atoms with Crippen LogP contribution in [-0.2, 0) is 16.4 Å². The van der Waals surface area contributed by atoms with E-state index in [0.29, 0.717) is 16.7 Å². The molecule has 3 nitrogen and oxygen atoms in total. The van der Waals surface area contributed by atoms with Gasteiger partial charge in [-0.25, -0.2) is 8.42 Å². The van der Waals surface area contributed by atoms with Crippen molar-refractivity contribution in [3.63, 3.8) is 0 Å². The maximum atomic E-state index is 12.7. The minimum atomic E-state index is -3.28. The van der Waals surface area contributed by atoms with Crippen molar-refractivity contribution in [1.82, 2.24) is 4.31 Å². The Morgan fingerprint density at radius 2 is 1.90 bits per heavy atom. The van der Waals surface area contributed by atoms with Gasteiger partial charge in [0.05, 0.1) is 4.90 Å². The molecule has 1 aromatic carbocycles. The van der Waals surface area contributed by atoms with Crippen LogP contribution in [0.5, 0.6) is 0 Å². The van der Waals surface area contributed by atoms with Crippen molar-refractivity contribution in [3.8, 4) is 0 Å². The monoisotopic (exact) mass is 307 g/mol. The number of benzene rings is 1. The van der Waals surface area contributed by atoms with E-state index >= 15 is 0 Å². The van der Waals surface area contributed by atoms with E-state index in [1.165, 1.54) is 12.0 Å². The summed E-state index contributed by atoms with van der Waals surface area (Å²) in [5.74, 6) is 1.27. The van der Waals surface area contributed by atoms with E-state index in [0.717, 1.165) is 32.2 Å². The summed E-state index contributed by atoms with van der Waals surface area (Å²) in [7, 11) is -3.28. The predicted octanol–water partition coefficient (Wildman–Crippen LogP) is 3.45. The Hall–Kier alpha value is -0.870. The molecule has 4 heteroatoms. The van der Waals surface area contributed by atoms with Gasteiger partial charge in [0.2, 0.25) is 10.0 Å². The number of aryl methyl sites for hydroxylation is 1. The summed E-state index contributed by atoms with van der Waals surface area (Å²) in [6.07, 6.45) is 5.46. The Kier molecular flexibility index (Phi) is 4.10. The second-order valence-corrected chi connectivity index (χ2v) is 8.87. The third-order valence-electron chi connectivity index (χ3n) is 4.90. The molecule has 0 amide bonds. The average Bonchev–Trinajstić information content (AvgIpc) is 3.08. The molecule has 21 heavy (non-hydrogen) atoms. The van der Waals surface area contributed by atoms with E-state index in [1.807, 2.05) is 12.1 Å². The predicted molar refractivity (Wildman–Crippen MR) is 84.6 cm³/mol. The van der Waals surface area contributed by atoms with Gasteiger partial charge in [-0.05, 0) is 61.6 Å². The number of hydrogen-bond acceptors (Lipinski definition) is 2. The minimum absolute atomic E-state index is 0.251. The van der Waals surface area contributed by atoms with Gasteiger partial charge in [0.15, 0.2) is 0 Å². The zero-order valence-electron chi connectivity index (χ0n) is 13.0. The second-order valence-electron chi connectivity index (χ2n) is 6.98. The highest BCUT2D eigenvalue weighted by Crippen LogP contribution is 2.40. The van der Waals surface area contributed by atoms with Gasteiger partial charge < -0.3 is 0 Å². The Bertz CT molecular complexity index is 592. The van der Waals surface area contributed by atoms with E-state index < -0.39 is 10.0 Å². The lowest BCUT2D eigenvalue weighted by Crippen LogP contribution is -2.37. The highest BCUT2D eigenvalue weighted by molar-refractivity contribution is 7.89. The summed E-state index contributed by atoms with van der Waals surface area (Å²) in [5, 5.41) is 0. The Morgan fingerprint density at radius 3 is 2.43 bits per heavy atom. The number of piperidine rings is 1. The zero-order valence-corrected chi connectivity index (χ0v) is 13.8. The molecule has 1 saturated carbocycles. The third kappa shape index (κ3) is 3.02. The molecule has 0 spiro atoms. The van der Waals surface area contributed by atoms with Crippen molar-refractivity contribution in [3.05, 3.63) is 29.8 Å². The van der Waals surface area contributed by atoms with Crippen LogP contribution in [0.4, 0.5) is 0 Å². The molecule has 3 rings (SSSR count). The molecular formula is C17H25NO2S. The topological polar surface area (TPSA) is 37.4 Å². The molecule has 2 unspecified atom stereocenters. The molecule has 2 fully saturated rings. The van der Waals surface area contributed by atoms with Gasteiger partial charge in [-0.1, -0.05) is 26.0 Å². The van der Waals surface area contributed by atoms with E-state index in [9.17, 15) is 8.42 Å². The highest BCUT2D eigenvalue weighted by atomic mass is 32.2. The van der Waals surface area contributed by atoms with Crippen LogP contribution >= 0.6 is 0 Å². The largest absolute Gasteiger partial charge is 0.243 e. The molecule has 116 valence electrons. The summed E-state index contributed by atoms with van der Waals surface area (Å²) >= 11 is 0. The van der Waals surface area contributed by atoms with E-state index in [1.54, 1.807) is 16.4 Å². The molecule has 1 aliphatic carbocycles. The Balaban J connectivity index is 1.74. The van der Waals surface area contributed by atoms with Gasteiger partial charge in [0.1, 0.15) is 0 Å². The summed E-state index contributed by atoms with van der Waals surface area (Å²) in [5.41, 5.74) is 1.23. The van der Waals surface area contributed by atoms with E-state index in [2.05, 4.69) is 13.8 Å². The molecule has 1 aliphatic heterocycles. The summed E-state index contributed by atoms with van der Waals surface area (Å²) < 4.78 is 27.2. The average molecular weight is 307 g/mol. The fourth-order valence-corrected chi connectivity index (χ4v) is 5.33. The molecule has 2 bridgehead atoms. The van der Waals surface area contributed by atoms with Crippen LogP contribution in [0.1, 0.15) is 45.1 Å². The van der Waals surface area contributed by atoms with Gasteiger partial charge in [0.25, 0.3) is 0 Å². The van der Waals surface area contributed by atoms with E-state index in [4.69, 9.17) is 0 Å². The summed E-state index contributed by atoms with van der Waals surface area (Å²) in [6.45, 7) is 5.14. The van der Waals surface area contributed by atoms with Gasteiger partial charge in [-0.3, -0.25) is 0 Å². The maximum Gasteiger partial charge on any atom is 0.243 e. The van der Waals surface area contributed by atoms with E-state index in [-0.39, 0.29) is 6.04 Å². The quantitative estimate of drug-likeness (QED) is 0.835. The Morgan fingerprint density at radius 1 is 1.19 bits per heavy atom. The van der Waals surface area contributed by atoms with Crippen molar-refractivity contribution in [2.45, 2.75) is 56.9 Å². The lowest BCUT2D eigenvalue weighted by molar-refractivity contribution is 0.333. The van der Waals surface area contributed by atoms with Crippen molar-refractivity contribution in [1.29, 1.82) is 0 Å². The third-order valence-corrected chi connectivity index (χ3v) is 6.83. The highest BCUT2D eigenvalue weighted by Gasteiger charge is 2.44. The first kappa shape index (κ1) is 15.0. The lowest BCUT2D eigenvalue weighted by atomic mass is 10.0. The maximum absolute atomic E-state index is 12.7. The first-order chi connectivity index (χ1) is 9.96. The normalized spacial score (nSPS) is 25.9. The van der Waals surface area contributed by atoms with Gasteiger partial charge in [-0.2, -0.15) is 4.31 Å². The van der Waals surface area contributed by atoms with Crippen LogP contribution in [0.25, 0.3) is 0 Å². The molecule has 2 atom stereocenters. The SMILES string of the molecule is CC(C)CCc1ccc(S(=O)(=O)N2CC3CCC2C3)cc1.